The number of hydrogen-bond donors (Lipinski definition) is 2. The Morgan fingerprint density at radius 1 is 1.47 bits per heavy atom. The van der Waals surface area contributed by atoms with E-state index in [4.69, 9.17) is 0 Å². The molecule has 3 heteroatoms. The second-order valence-electron chi connectivity index (χ2n) is 4.58. The Balaban J connectivity index is 2.54. The topological polar surface area (TPSA) is 35.5 Å². The minimum Gasteiger partial charge on any atom is -0.506 e. The van der Waals surface area contributed by atoms with Crippen LogP contribution < -0.4 is 10.2 Å². The van der Waals surface area contributed by atoms with E-state index in [1.54, 1.807) is 6.07 Å². The zero-order valence-corrected chi connectivity index (χ0v) is 9.54. The third-order valence-corrected chi connectivity index (χ3v) is 3.04. The van der Waals surface area contributed by atoms with Crippen LogP contribution >= 0.6 is 0 Å². The van der Waals surface area contributed by atoms with Crippen molar-refractivity contribution in [2.75, 3.05) is 23.3 Å². The van der Waals surface area contributed by atoms with E-state index in [0.717, 1.165) is 24.5 Å². The van der Waals surface area contributed by atoms with Crippen LogP contribution in [-0.4, -0.2) is 23.7 Å². The Kier molecular flexibility index (Phi) is 2.25. The zero-order chi connectivity index (χ0) is 11.1. The molecule has 0 saturated heterocycles. The number of hydrogen-bond acceptors (Lipinski definition) is 3. The van der Waals surface area contributed by atoms with Gasteiger partial charge in [0.25, 0.3) is 0 Å². The summed E-state index contributed by atoms with van der Waals surface area (Å²) in [6.45, 7) is 8.28. The maximum absolute atomic E-state index is 9.91. The molecule has 0 bridgehead atoms. The highest BCUT2D eigenvalue weighted by molar-refractivity contribution is 5.79. The second kappa shape index (κ2) is 3.33. The lowest BCUT2D eigenvalue weighted by atomic mass is 9.97. The van der Waals surface area contributed by atoms with E-state index in [0.29, 0.717) is 5.75 Å². The summed E-state index contributed by atoms with van der Waals surface area (Å²) in [5, 5.41) is 13.3. The van der Waals surface area contributed by atoms with E-state index < -0.39 is 0 Å². The standard InChI is InChI=1S/C12H18N2O/c1-4-14-11-9(6-5-7-10(11)15)13-8-12(14,2)3/h5-7,13,15H,4,8H2,1-3H3. The van der Waals surface area contributed by atoms with Crippen molar-refractivity contribution >= 4 is 11.4 Å². The van der Waals surface area contributed by atoms with Crippen LogP contribution in [0.1, 0.15) is 20.8 Å². The largest absolute Gasteiger partial charge is 0.506 e. The van der Waals surface area contributed by atoms with E-state index in [2.05, 4.69) is 31.0 Å². The number of nitrogens with zero attached hydrogens (tertiary/aromatic N) is 1. The minimum absolute atomic E-state index is 0.0422. The van der Waals surface area contributed by atoms with Gasteiger partial charge in [-0.3, -0.25) is 0 Å². The number of aromatic hydroxyl groups is 1. The molecular weight excluding hydrogens is 188 g/mol. The predicted octanol–water partition coefficient (Wildman–Crippen LogP) is 2.42. The van der Waals surface area contributed by atoms with E-state index >= 15 is 0 Å². The molecule has 0 fully saturated rings. The Morgan fingerprint density at radius 2 is 2.20 bits per heavy atom. The van der Waals surface area contributed by atoms with Gasteiger partial charge in [-0.05, 0) is 32.9 Å². The monoisotopic (exact) mass is 206 g/mol. The fraction of sp³-hybridized carbons (Fsp3) is 0.500. The Bertz CT molecular complexity index is 374. The van der Waals surface area contributed by atoms with Gasteiger partial charge in [-0.25, -0.2) is 0 Å². The molecule has 0 aromatic heterocycles. The molecule has 0 radical (unpaired) electrons. The summed E-state index contributed by atoms with van der Waals surface area (Å²) in [4.78, 5) is 2.24. The molecule has 1 aromatic rings. The zero-order valence-electron chi connectivity index (χ0n) is 9.54. The number of phenolic OH excluding ortho intramolecular Hbond substituents is 1. The van der Waals surface area contributed by atoms with Crippen LogP contribution in [0.25, 0.3) is 0 Å². The SMILES string of the molecule is CCN1c2c(O)cccc2NCC1(C)C. The summed E-state index contributed by atoms with van der Waals surface area (Å²) in [5.41, 5.74) is 1.99. The smallest absolute Gasteiger partial charge is 0.141 e. The first-order chi connectivity index (χ1) is 7.06. The van der Waals surface area contributed by atoms with Gasteiger partial charge in [0.05, 0.1) is 11.2 Å². The van der Waals surface area contributed by atoms with Crippen LogP contribution in [0.5, 0.6) is 5.75 Å². The average Bonchev–Trinajstić information content (AvgIpc) is 2.18. The van der Waals surface area contributed by atoms with Gasteiger partial charge in [-0.15, -0.1) is 0 Å². The first-order valence-electron chi connectivity index (χ1n) is 5.40. The minimum atomic E-state index is 0.0422. The fourth-order valence-corrected chi connectivity index (χ4v) is 2.25. The van der Waals surface area contributed by atoms with Crippen molar-refractivity contribution in [3.63, 3.8) is 0 Å². The highest BCUT2D eigenvalue weighted by Crippen LogP contribution is 2.41. The Morgan fingerprint density at radius 3 is 2.87 bits per heavy atom. The predicted molar refractivity (Wildman–Crippen MR) is 63.7 cm³/mol. The number of fused-ring (bicyclic) bond motifs is 1. The van der Waals surface area contributed by atoms with E-state index in [-0.39, 0.29) is 5.54 Å². The van der Waals surface area contributed by atoms with Crippen LogP contribution in [0.3, 0.4) is 0 Å². The van der Waals surface area contributed by atoms with Crippen molar-refractivity contribution in [3.8, 4) is 5.75 Å². The number of para-hydroxylation sites is 1. The van der Waals surface area contributed by atoms with Crippen LogP contribution in [0.4, 0.5) is 11.4 Å². The van der Waals surface area contributed by atoms with Gasteiger partial charge in [-0.2, -0.15) is 0 Å². The molecule has 0 saturated carbocycles. The number of phenols is 1. The normalized spacial score (nSPS) is 18.2. The van der Waals surface area contributed by atoms with Gasteiger partial charge in [0, 0.05) is 13.1 Å². The maximum atomic E-state index is 9.91. The van der Waals surface area contributed by atoms with Crippen molar-refractivity contribution in [1.82, 2.24) is 0 Å². The summed E-state index contributed by atoms with van der Waals surface area (Å²) in [6, 6.07) is 5.62. The Labute approximate surface area is 90.7 Å². The molecular formula is C12H18N2O. The first-order valence-corrected chi connectivity index (χ1v) is 5.40. The fourth-order valence-electron chi connectivity index (χ4n) is 2.25. The van der Waals surface area contributed by atoms with Crippen LogP contribution in [0.2, 0.25) is 0 Å². The lowest BCUT2D eigenvalue weighted by Gasteiger charge is -2.45. The summed E-state index contributed by atoms with van der Waals surface area (Å²) in [5.74, 6) is 0.356. The molecule has 2 N–H and O–H groups in total. The quantitative estimate of drug-likeness (QED) is 0.740. The van der Waals surface area contributed by atoms with Crippen molar-refractivity contribution in [3.05, 3.63) is 18.2 Å². The molecule has 0 amide bonds. The summed E-state index contributed by atoms with van der Waals surface area (Å²) in [6.07, 6.45) is 0. The summed E-state index contributed by atoms with van der Waals surface area (Å²) >= 11 is 0. The molecule has 3 nitrogen and oxygen atoms in total. The highest BCUT2D eigenvalue weighted by atomic mass is 16.3. The van der Waals surface area contributed by atoms with Gasteiger partial charge < -0.3 is 15.3 Å². The van der Waals surface area contributed by atoms with Crippen molar-refractivity contribution in [1.29, 1.82) is 0 Å². The molecule has 1 heterocycles. The van der Waals surface area contributed by atoms with Gasteiger partial charge in [0.2, 0.25) is 0 Å². The Hall–Kier alpha value is -1.38. The van der Waals surface area contributed by atoms with Crippen molar-refractivity contribution in [2.45, 2.75) is 26.3 Å². The number of nitrogens with one attached hydrogen (secondary N) is 1. The molecule has 1 aliphatic heterocycles. The van der Waals surface area contributed by atoms with Crippen molar-refractivity contribution < 1.29 is 5.11 Å². The average molecular weight is 206 g/mol. The molecule has 82 valence electrons. The van der Waals surface area contributed by atoms with E-state index in [1.807, 2.05) is 12.1 Å². The number of benzene rings is 1. The summed E-state index contributed by atoms with van der Waals surface area (Å²) in [7, 11) is 0. The lowest BCUT2D eigenvalue weighted by Crippen LogP contribution is -2.52. The van der Waals surface area contributed by atoms with Gasteiger partial charge in [0.1, 0.15) is 11.4 Å². The molecule has 0 aliphatic carbocycles. The highest BCUT2D eigenvalue weighted by Gasteiger charge is 2.33. The maximum Gasteiger partial charge on any atom is 0.141 e. The van der Waals surface area contributed by atoms with E-state index in [1.165, 1.54) is 0 Å². The van der Waals surface area contributed by atoms with Crippen LogP contribution in [0.15, 0.2) is 18.2 Å². The third kappa shape index (κ3) is 1.52. The lowest BCUT2D eigenvalue weighted by molar-refractivity contribution is 0.444. The number of anilines is 2. The molecule has 2 rings (SSSR count). The van der Waals surface area contributed by atoms with Gasteiger partial charge >= 0.3 is 0 Å². The molecule has 15 heavy (non-hydrogen) atoms. The second-order valence-corrected chi connectivity index (χ2v) is 4.58. The third-order valence-electron chi connectivity index (χ3n) is 3.04. The molecule has 1 aromatic carbocycles. The summed E-state index contributed by atoms with van der Waals surface area (Å²) < 4.78 is 0. The number of rotatable bonds is 1. The number of likely N-dealkylation sites (N-methyl/N-ethyl adjacent to an activating group) is 1. The first kappa shape index (κ1) is 10.1. The molecule has 0 spiro atoms. The molecule has 0 atom stereocenters. The van der Waals surface area contributed by atoms with Gasteiger partial charge in [0.15, 0.2) is 0 Å². The van der Waals surface area contributed by atoms with Crippen LogP contribution in [-0.2, 0) is 0 Å². The molecule has 0 unspecified atom stereocenters. The van der Waals surface area contributed by atoms with Gasteiger partial charge in [-0.1, -0.05) is 6.07 Å². The van der Waals surface area contributed by atoms with Crippen LogP contribution in [0, 0.1) is 0 Å². The van der Waals surface area contributed by atoms with Crippen molar-refractivity contribution in [2.24, 2.45) is 0 Å². The van der Waals surface area contributed by atoms with E-state index in [9.17, 15) is 5.11 Å². The molecule has 1 aliphatic rings.